The Hall–Kier alpha value is -0.440. The number of alkyl halides is 1. The molecule has 182 valence electrons. The van der Waals surface area contributed by atoms with Gasteiger partial charge in [0, 0.05) is 17.2 Å². The zero-order valence-corrected chi connectivity index (χ0v) is 21.5. The molecule has 3 nitrogen and oxygen atoms in total. The van der Waals surface area contributed by atoms with Crippen molar-refractivity contribution < 1.29 is 9.53 Å². The van der Waals surface area contributed by atoms with Crippen molar-refractivity contribution in [3.05, 3.63) is 0 Å². The van der Waals surface area contributed by atoms with Crippen LogP contribution in [0.1, 0.15) is 117 Å². The average molecular weight is 464 g/mol. The number of alkyl carbamates (subject to hydrolysis) is 1. The monoisotopic (exact) mass is 463 g/mol. The first-order chi connectivity index (χ1) is 15.3. The minimum atomic E-state index is -0.375. The van der Waals surface area contributed by atoms with E-state index in [0.29, 0.717) is 11.3 Å². The summed E-state index contributed by atoms with van der Waals surface area (Å²) in [7, 11) is 0. The second-order valence-electron chi connectivity index (χ2n) is 12.7. The van der Waals surface area contributed by atoms with Crippen molar-refractivity contribution in [2.45, 2.75) is 134 Å². The van der Waals surface area contributed by atoms with Gasteiger partial charge in [-0.3, -0.25) is 0 Å². The Morgan fingerprint density at radius 1 is 1.00 bits per heavy atom. The molecule has 1 aliphatic heterocycles. The first-order valence-corrected chi connectivity index (χ1v) is 14.4. The van der Waals surface area contributed by atoms with Crippen molar-refractivity contribution in [1.29, 1.82) is 0 Å². The maximum absolute atomic E-state index is 12.5. The minimum absolute atomic E-state index is 0.0732. The van der Waals surface area contributed by atoms with E-state index in [0.717, 1.165) is 43.4 Å². The number of ether oxygens (including phenoxy) is 1. The molecule has 0 radical (unpaired) electrons. The van der Waals surface area contributed by atoms with Gasteiger partial charge < -0.3 is 10.1 Å². The van der Waals surface area contributed by atoms with Crippen LogP contribution in [0.3, 0.4) is 0 Å². The van der Waals surface area contributed by atoms with Gasteiger partial charge in [0.15, 0.2) is 0 Å². The van der Waals surface area contributed by atoms with E-state index >= 15 is 0 Å². The number of hydrogen-bond acceptors (Lipinski definition) is 2. The van der Waals surface area contributed by atoms with Gasteiger partial charge in [0.05, 0.1) is 6.04 Å². The number of halogens is 1. The van der Waals surface area contributed by atoms with Gasteiger partial charge in [0.25, 0.3) is 0 Å². The van der Waals surface area contributed by atoms with Crippen molar-refractivity contribution in [3.8, 4) is 0 Å². The molecule has 5 fully saturated rings. The fourth-order valence-electron chi connectivity index (χ4n) is 9.74. The van der Waals surface area contributed by atoms with Crippen LogP contribution in [0, 0.1) is 34.5 Å². The SMILES string of the molecule is CCCCCCCC[C@H]1CC[C@H]2[C@@H]3C[C@@H]4NC(=O)O[C@@]45C[C@@H](Cl)CC[C@]5(C)[C@H]3CC[C@]12C. The summed E-state index contributed by atoms with van der Waals surface area (Å²) in [5.74, 6) is 3.15. The molecule has 5 aliphatic rings. The maximum Gasteiger partial charge on any atom is 0.408 e. The maximum atomic E-state index is 12.5. The zero-order chi connectivity index (χ0) is 22.6. The first kappa shape index (κ1) is 23.3. The smallest absolute Gasteiger partial charge is 0.408 e. The highest BCUT2D eigenvalue weighted by Gasteiger charge is 2.71. The number of carbonyl (C=O) groups is 1. The fourth-order valence-corrected chi connectivity index (χ4v) is 10.1. The van der Waals surface area contributed by atoms with Crippen LogP contribution in [0.4, 0.5) is 4.79 Å². The van der Waals surface area contributed by atoms with E-state index in [2.05, 4.69) is 26.1 Å². The summed E-state index contributed by atoms with van der Waals surface area (Å²) in [6.45, 7) is 7.41. The summed E-state index contributed by atoms with van der Waals surface area (Å²) < 4.78 is 6.20. The Bertz CT molecular complexity index is 714. The minimum Gasteiger partial charge on any atom is -0.440 e. The third kappa shape index (κ3) is 3.45. The Labute approximate surface area is 201 Å². The van der Waals surface area contributed by atoms with Crippen LogP contribution < -0.4 is 5.32 Å². The molecule has 0 bridgehead atoms. The normalized spacial score (nSPS) is 49.4. The van der Waals surface area contributed by atoms with E-state index in [9.17, 15) is 4.79 Å². The van der Waals surface area contributed by atoms with Crippen LogP contribution in [0.15, 0.2) is 0 Å². The summed E-state index contributed by atoms with van der Waals surface area (Å²) in [4.78, 5) is 12.5. The summed E-state index contributed by atoms with van der Waals surface area (Å²) in [6, 6.07) is 0.155. The number of hydrogen-bond donors (Lipinski definition) is 1. The molecule has 4 aliphatic carbocycles. The lowest BCUT2D eigenvalue weighted by Crippen LogP contribution is -2.68. The van der Waals surface area contributed by atoms with E-state index < -0.39 is 0 Å². The standard InChI is InChI=1S/C28H46ClNO2/c1-4-5-6-7-8-9-10-19-11-12-22-21-17-24-28(32-25(31)30-24)18-20(29)13-16-27(28,3)23(21)14-15-26(19,22)2/h19-24H,4-18H2,1-3H3,(H,30,31)/t19-,20-,21-,22-,23-,24-,26+,27+,28-/m0/s1. The largest absolute Gasteiger partial charge is 0.440 e. The summed E-state index contributed by atoms with van der Waals surface area (Å²) in [6.07, 6.45) is 19.3. The molecule has 9 atom stereocenters. The van der Waals surface area contributed by atoms with Crippen molar-refractivity contribution >= 4 is 17.7 Å². The summed E-state index contributed by atoms with van der Waals surface area (Å²) >= 11 is 6.68. The van der Waals surface area contributed by atoms with E-state index in [1.54, 1.807) is 0 Å². The molecule has 4 saturated carbocycles. The molecule has 1 saturated heterocycles. The van der Waals surface area contributed by atoms with Crippen molar-refractivity contribution in [1.82, 2.24) is 5.32 Å². The molecule has 0 aromatic carbocycles. The molecule has 1 amide bonds. The molecule has 32 heavy (non-hydrogen) atoms. The molecular weight excluding hydrogens is 418 g/mol. The first-order valence-electron chi connectivity index (χ1n) is 14.0. The molecule has 0 aromatic heterocycles. The van der Waals surface area contributed by atoms with Gasteiger partial charge in [-0.25, -0.2) is 4.79 Å². The molecule has 0 unspecified atom stereocenters. The number of carbonyl (C=O) groups excluding carboxylic acids is 1. The Morgan fingerprint density at radius 2 is 1.78 bits per heavy atom. The van der Waals surface area contributed by atoms with Crippen molar-refractivity contribution in [3.63, 3.8) is 0 Å². The van der Waals surface area contributed by atoms with Crippen LogP contribution in [0.25, 0.3) is 0 Å². The van der Waals surface area contributed by atoms with Gasteiger partial charge >= 0.3 is 6.09 Å². The lowest BCUT2D eigenvalue weighted by Gasteiger charge is -2.64. The van der Waals surface area contributed by atoms with Gasteiger partial charge in [-0.2, -0.15) is 0 Å². The van der Waals surface area contributed by atoms with Crippen LogP contribution in [0.2, 0.25) is 0 Å². The lowest BCUT2D eigenvalue weighted by atomic mass is 9.42. The molecule has 1 N–H and O–H groups in total. The average Bonchev–Trinajstić information content (AvgIpc) is 3.25. The molecule has 4 heteroatoms. The quantitative estimate of drug-likeness (QED) is 0.308. The van der Waals surface area contributed by atoms with Crippen molar-refractivity contribution in [2.24, 2.45) is 34.5 Å². The summed E-state index contributed by atoms with van der Waals surface area (Å²) in [5.41, 5.74) is 0.206. The fraction of sp³-hybridized carbons (Fsp3) is 0.964. The molecule has 0 aromatic rings. The third-order valence-electron chi connectivity index (χ3n) is 11.5. The molecule has 5 rings (SSSR count). The van der Waals surface area contributed by atoms with Crippen LogP contribution >= 0.6 is 11.6 Å². The Kier molecular flexibility index (Phi) is 6.30. The van der Waals surface area contributed by atoms with Gasteiger partial charge in [-0.1, -0.05) is 59.3 Å². The van der Waals surface area contributed by atoms with Gasteiger partial charge in [0.2, 0.25) is 0 Å². The third-order valence-corrected chi connectivity index (χ3v) is 11.8. The number of nitrogens with one attached hydrogen (secondary N) is 1. The molecule has 1 spiro atoms. The van der Waals surface area contributed by atoms with E-state index in [4.69, 9.17) is 16.3 Å². The number of rotatable bonds is 7. The topological polar surface area (TPSA) is 38.3 Å². The van der Waals surface area contributed by atoms with E-state index in [1.807, 2.05) is 0 Å². The van der Waals surface area contributed by atoms with Crippen LogP contribution in [-0.2, 0) is 4.74 Å². The highest BCUT2D eigenvalue weighted by atomic mass is 35.5. The van der Waals surface area contributed by atoms with Crippen LogP contribution in [-0.4, -0.2) is 23.1 Å². The molecule has 1 heterocycles. The van der Waals surface area contributed by atoms with E-state index in [-0.39, 0.29) is 28.5 Å². The second kappa shape index (κ2) is 8.65. The second-order valence-corrected chi connectivity index (χ2v) is 13.3. The van der Waals surface area contributed by atoms with Crippen LogP contribution in [0.5, 0.6) is 0 Å². The number of fused-ring (bicyclic) bond motifs is 4. The van der Waals surface area contributed by atoms with Gasteiger partial charge in [0.1, 0.15) is 5.60 Å². The predicted octanol–water partition coefficient (Wildman–Crippen LogP) is 7.84. The highest BCUT2D eigenvalue weighted by molar-refractivity contribution is 6.20. The van der Waals surface area contributed by atoms with E-state index in [1.165, 1.54) is 70.6 Å². The lowest BCUT2D eigenvalue weighted by molar-refractivity contribution is -0.195. The van der Waals surface area contributed by atoms with Gasteiger partial charge in [-0.15, -0.1) is 11.6 Å². The molecular formula is C28H46ClNO2. The number of amides is 1. The Balaban J connectivity index is 1.32. The van der Waals surface area contributed by atoms with Crippen molar-refractivity contribution in [2.75, 3.05) is 0 Å². The van der Waals surface area contributed by atoms with Gasteiger partial charge in [-0.05, 0) is 80.5 Å². The zero-order valence-electron chi connectivity index (χ0n) is 20.8. The Morgan fingerprint density at radius 3 is 2.59 bits per heavy atom. The number of unbranched alkanes of at least 4 members (excludes halogenated alkanes) is 5. The predicted molar refractivity (Wildman–Crippen MR) is 131 cm³/mol. The summed E-state index contributed by atoms with van der Waals surface area (Å²) in [5, 5.41) is 3.40. The highest BCUT2D eigenvalue weighted by Crippen LogP contribution is 2.70.